The number of fused-ring (bicyclic) bond motifs is 1. The highest BCUT2D eigenvalue weighted by Crippen LogP contribution is 2.23. The van der Waals surface area contributed by atoms with Crippen LogP contribution < -0.4 is 5.32 Å². The van der Waals surface area contributed by atoms with Crippen LogP contribution >= 0.6 is 0 Å². The number of anilines is 1. The van der Waals surface area contributed by atoms with Crippen LogP contribution in [-0.4, -0.2) is 41.7 Å². The Kier molecular flexibility index (Phi) is 7.18. The first-order chi connectivity index (χ1) is 14.9. The van der Waals surface area contributed by atoms with Gasteiger partial charge in [0, 0.05) is 18.7 Å². The zero-order chi connectivity index (χ0) is 22.4. The molecule has 0 aliphatic carbocycles. The maximum Gasteiger partial charge on any atom is 0.306 e. The number of rotatable bonds is 9. The van der Waals surface area contributed by atoms with Gasteiger partial charge >= 0.3 is 5.97 Å². The van der Waals surface area contributed by atoms with Gasteiger partial charge in [0.15, 0.2) is 6.61 Å². The Balaban J connectivity index is 1.38. The van der Waals surface area contributed by atoms with Crippen LogP contribution in [0.2, 0.25) is 0 Å². The zero-order valence-corrected chi connectivity index (χ0v) is 17.7. The summed E-state index contributed by atoms with van der Waals surface area (Å²) in [6, 6.07) is 14.2. The number of nitrogens with one attached hydrogen (secondary N) is 1. The SMILES string of the molecule is CC[C@@H](C)c1ccc(NC(=O)COC(=O)CCCN2C(=O)c3ccccc3C2=O)cc1. The van der Waals surface area contributed by atoms with Crippen LogP contribution in [0.5, 0.6) is 0 Å². The first-order valence-electron chi connectivity index (χ1n) is 10.4. The number of hydrogen-bond acceptors (Lipinski definition) is 5. The molecule has 0 saturated heterocycles. The molecule has 0 unspecified atom stereocenters. The Labute approximate surface area is 181 Å². The van der Waals surface area contributed by atoms with E-state index in [0.29, 0.717) is 22.7 Å². The number of imide groups is 1. The first-order valence-corrected chi connectivity index (χ1v) is 10.4. The molecule has 3 amide bonds. The fraction of sp³-hybridized carbons (Fsp3) is 0.333. The van der Waals surface area contributed by atoms with Gasteiger partial charge in [0.1, 0.15) is 0 Å². The Bertz CT molecular complexity index is 949. The summed E-state index contributed by atoms with van der Waals surface area (Å²) < 4.78 is 5.00. The van der Waals surface area contributed by atoms with Crippen LogP contribution in [0.4, 0.5) is 5.69 Å². The lowest BCUT2D eigenvalue weighted by Gasteiger charge is -2.13. The highest BCUT2D eigenvalue weighted by Gasteiger charge is 2.34. The quantitative estimate of drug-likeness (QED) is 0.491. The molecule has 0 saturated carbocycles. The molecule has 0 aromatic heterocycles. The van der Waals surface area contributed by atoms with Crippen molar-refractivity contribution in [2.75, 3.05) is 18.5 Å². The van der Waals surface area contributed by atoms with E-state index in [1.807, 2.05) is 24.3 Å². The van der Waals surface area contributed by atoms with E-state index in [9.17, 15) is 19.2 Å². The lowest BCUT2D eigenvalue weighted by molar-refractivity contribution is -0.147. The number of benzene rings is 2. The van der Waals surface area contributed by atoms with E-state index in [4.69, 9.17) is 4.74 Å². The van der Waals surface area contributed by atoms with Crippen LogP contribution in [0.15, 0.2) is 48.5 Å². The van der Waals surface area contributed by atoms with Crippen LogP contribution in [0.3, 0.4) is 0 Å². The van der Waals surface area contributed by atoms with E-state index in [0.717, 1.165) is 11.3 Å². The van der Waals surface area contributed by atoms with Crippen molar-refractivity contribution in [3.05, 3.63) is 65.2 Å². The van der Waals surface area contributed by atoms with Crippen molar-refractivity contribution in [2.24, 2.45) is 0 Å². The summed E-state index contributed by atoms with van der Waals surface area (Å²) in [4.78, 5) is 49.6. The minimum absolute atomic E-state index is 0.00425. The number of esters is 1. The molecular formula is C24H26N2O5. The summed E-state index contributed by atoms with van der Waals surface area (Å²) in [5.41, 5.74) is 2.59. The number of hydrogen-bond donors (Lipinski definition) is 1. The van der Waals surface area contributed by atoms with E-state index in [1.54, 1.807) is 24.3 Å². The molecule has 0 bridgehead atoms. The van der Waals surface area contributed by atoms with Crippen molar-refractivity contribution in [3.63, 3.8) is 0 Å². The monoisotopic (exact) mass is 422 g/mol. The second-order valence-corrected chi connectivity index (χ2v) is 7.55. The normalized spacial score (nSPS) is 13.7. The molecule has 31 heavy (non-hydrogen) atoms. The fourth-order valence-electron chi connectivity index (χ4n) is 3.37. The Morgan fingerprint density at radius 2 is 1.61 bits per heavy atom. The van der Waals surface area contributed by atoms with Gasteiger partial charge in [-0.1, -0.05) is 38.1 Å². The summed E-state index contributed by atoms with van der Waals surface area (Å²) in [5, 5.41) is 2.69. The number of nitrogens with zero attached hydrogens (tertiary/aromatic N) is 1. The molecule has 1 atom stereocenters. The van der Waals surface area contributed by atoms with Crippen molar-refractivity contribution >= 4 is 29.4 Å². The molecule has 3 rings (SSSR count). The third-order valence-corrected chi connectivity index (χ3v) is 5.38. The molecular weight excluding hydrogens is 396 g/mol. The maximum atomic E-state index is 12.3. The van der Waals surface area contributed by atoms with E-state index < -0.39 is 11.9 Å². The smallest absolute Gasteiger partial charge is 0.306 e. The molecule has 1 aliphatic heterocycles. The molecule has 1 N–H and O–H groups in total. The van der Waals surface area contributed by atoms with E-state index in [2.05, 4.69) is 19.2 Å². The Hall–Kier alpha value is -3.48. The average Bonchev–Trinajstić information content (AvgIpc) is 3.02. The predicted molar refractivity (Wildman–Crippen MR) is 116 cm³/mol. The van der Waals surface area contributed by atoms with Crippen molar-refractivity contribution in [2.45, 2.75) is 39.0 Å². The van der Waals surface area contributed by atoms with Gasteiger partial charge in [-0.3, -0.25) is 24.1 Å². The van der Waals surface area contributed by atoms with Gasteiger partial charge in [0.05, 0.1) is 11.1 Å². The summed E-state index contributed by atoms with van der Waals surface area (Å²) in [5.74, 6) is -1.24. The van der Waals surface area contributed by atoms with Gasteiger partial charge < -0.3 is 10.1 Å². The van der Waals surface area contributed by atoms with Crippen LogP contribution in [0, 0.1) is 0 Å². The second kappa shape index (κ2) is 10.0. The molecule has 0 radical (unpaired) electrons. The summed E-state index contributed by atoms with van der Waals surface area (Å²) >= 11 is 0. The largest absolute Gasteiger partial charge is 0.456 e. The average molecular weight is 422 g/mol. The number of ether oxygens (including phenoxy) is 1. The third kappa shape index (κ3) is 5.36. The topological polar surface area (TPSA) is 92.8 Å². The van der Waals surface area contributed by atoms with E-state index >= 15 is 0 Å². The predicted octanol–water partition coefficient (Wildman–Crippen LogP) is 3.76. The standard InChI is InChI=1S/C24H26N2O5/c1-3-16(2)17-10-12-18(13-11-17)25-21(27)15-31-22(28)9-6-14-26-23(29)19-7-4-5-8-20(19)24(26)30/h4-5,7-8,10-13,16H,3,6,9,14-15H2,1-2H3,(H,25,27)/t16-/m1/s1. The lowest BCUT2D eigenvalue weighted by atomic mass is 9.99. The molecule has 162 valence electrons. The number of carbonyl (C=O) groups is 4. The number of amides is 3. The maximum absolute atomic E-state index is 12.3. The number of carbonyl (C=O) groups excluding carboxylic acids is 4. The van der Waals surface area contributed by atoms with Gasteiger partial charge in [-0.2, -0.15) is 0 Å². The van der Waals surface area contributed by atoms with E-state index in [-0.39, 0.29) is 37.8 Å². The summed E-state index contributed by atoms with van der Waals surface area (Å²) in [6.45, 7) is 3.99. The molecule has 0 fully saturated rings. The van der Waals surface area contributed by atoms with Crippen molar-refractivity contribution < 1.29 is 23.9 Å². The highest BCUT2D eigenvalue weighted by molar-refractivity contribution is 6.21. The molecule has 1 heterocycles. The molecule has 0 spiro atoms. The Morgan fingerprint density at radius 1 is 1.00 bits per heavy atom. The van der Waals surface area contributed by atoms with Gasteiger partial charge in [0.25, 0.3) is 17.7 Å². The minimum Gasteiger partial charge on any atom is -0.456 e. The van der Waals surface area contributed by atoms with Crippen LogP contribution in [0.25, 0.3) is 0 Å². The van der Waals surface area contributed by atoms with Gasteiger partial charge in [0.2, 0.25) is 0 Å². The van der Waals surface area contributed by atoms with E-state index in [1.165, 1.54) is 5.56 Å². The van der Waals surface area contributed by atoms with Crippen LogP contribution in [0.1, 0.15) is 65.3 Å². The van der Waals surface area contributed by atoms with Gasteiger partial charge in [-0.15, -0.1) is 0 Å². The Morgan fingerprint density at radius 3 is 2.19 bits per heavy atom. The van der Waals surface area contributed by atoms with Crippen molar-refractivity contribution in [1.82, 2.24) is 4.90 Å². The highest BCUT2D eigenvalue weighted by atomic mass is 16.5. The second-order valence-electron chi connectivity index (χ2n) is 7.55. The molecule has 1 aliphatic rings. The van der Waals surface area contributed by atoms with Crippen LogP contribution in [-0.2, 0) is 14.3 Å². The van der Waals surface area contributed by atoms with Crippen molar-refractivity contribution in [1.29, 1.82) is 0 Å². The molecule has 2 aromatic rings. The fourth-order valence-corrected chi connectivity index (χ4v) is 3.37. The molecule has 7 heteroatoms. The summed E-state index contributed by atoms with van der Waals surface area (Å²) in [7, 11) is 0. The molecule has 2 aromatic carbocycles. The lowest BCUT2D eigenvalue weighted by Crippen LogP contribution is -2.31. The molecule has 7 nitrogen and oxygen atoms in total. The van der Waals surface area contributed by atoms with Gasteiger partial charge in [-0.25, -0.2) is 0 Å². The van der Waals surface area contributed by atoms with Gasteiger partial charge in [-0.05, 0) is 48.6 Å². The summed E-state index contributed by atoms with van der Waals surface area (Å²) in [6.07, 6.45) is 1.31. The zero-order valence-electron chi connectivity index (χ0n) is 17.7. The minimum atomic E-state index is -0.557. The third-order valence-electron chi connectivity index (χ3n) is 5.38. The first kappa shape index (κ1) is 22.2. The van der Waals surface area contributed by atoms with Crippen molar-refractivity contribution in [3.8, 4) is 0 Å².